The number of fused-ring (bicyclic) bond motifs is 1. The van der Waals surface area contributed by atoms with Crippen molar-refractivity contribution in [3.63, 3.8) is 0 Å². The number of benzene rings is 1. The summed E-state index contributed by atoms with van der Waals surface area (Å²) in [6.07, 6.45) is 0.937. The molecular formula is C21H26N6O2. The van der Waals surface area contributed by atoms with Crippen molar-refractivity contribution >= 4 is 34.4 Å². The number of carbonyl (C=O) groups is 1. The lowest BCUT2D eigenvalue weighted by atomic mass is 10.1. The zero-order valence-corrected chi connectivity index (χ0v) is 17.0. The molecule has 0 radical (unpaired) electrons. The number of anilines is 3. The SMILES string of the molecule is CCc1c(C)[nH]c2ccc(NC(=O)Nc3cc(C)nc(N4CCOCC4)n3)cc12. The molecule has 2 aromatic heterocycles. The van der Waals surface area contributed by atoms with Crippen molar-refractivity contribution in [1.82, 2.24) is 15.0 Å². The quantitative estimate of drug-likeness (QED) is 0.628. The fourth-order valence-corrected chi connectivity index (χ4v) is 3.72. The number of amides is 2. The summed E-state index contributed by atoms with van der Waals surface area (Å²) < 4.78 is 5.38. The maximum Gasteiger partial charge on any atom is 0.324 e. The summed E-state index contributed by atoms with van der Waals surface area (Å²) in [5.41, 5.74) is 5.05. The van der Waals surface area contributed by atoms with Crippen molar-refractivity contribution in [2.45, 2.75) is 27.2 Å². The maximum absolute atomic E-state index is 12.6. The van der Waals surface area contributed by atoms with Crippen molar-refractivity contribution in [3.05, 3.63) is 41.2 Å². The highest BCUT2D eigenvalue weighted by atomic mass is 16.5. The Morgan fingerprint density at radius 2 is 1.97 bits per heavy atom. The number of nitrogens with one attached hydrogen (secondary N) is 3. The fourth-order valence-electron chi connectivity index (χ4n) is 3.72. The number of aromatic nitrogens is 3. The Morgan fingerprint density at radius 3 is 2.72 bits per heavy atom. The molecule has 3 aromatic rings. The molecule has 3 heterocycles. The van der Waals surface area contributed by atoms with E-state index in [1.54, 1.807) is 6.07 Å². The minimum absolute atomic E-state index is 0.333. The Hall–Kier alpha value is -3.13. The van der Waals surface area contributed by atoms with E-state index < -0.39 is 0 Å². The van der Waals surface area contributed by atoms with Gasteiger partial charge in [-0.05, 0) is 44.0 Å². The van der Waals surface area contributed by atoms with Crippen LogP contribution < -0.4 is 15.5 Å². The van der Waals surface area contributed by atoms with Crippen LogP contribution in [0.25, 0.3) is 10.9 Å². The van der Waals surface area contributed by atoms with Crippen molar-refractivity contribution in [1.29, 1.82) is 0 Å². The van der Waals surface area contributed by atoms with E-state index in [1.807, 2.05) is 25.1 Å². The topological polar surface area (TPSA) is 95.2 Å². The number of aryl methyl sites for hydroxylation is 3. The molecule has 1 aromatic carbocycles. The molecule has 0 spiro atoms. The summed E-state index contributed by atoms with van der Waals surface area (Å²) in [5.74, 6) is 1.09. The summed E-state index contributed by atoms with van der Waals surface area (Å²) in [6, 6.07) is 7.31. The Balaban J connectivity index is 1.49. The lowest BCUT2D eigenvalue weighted by Crippen LogP contribution is -2.37. The molecule has 0 saturated carbocycles. The molecule has 0 atom stereocenters. The second-order valence-corrected chi connectivity index (χ2v) is 7.22. The van der Waals surface area contributed by atoms with E-state index in [1.165, 1.54) is 5.56 Å². The molecule has 1 aliphatic heterocycles. The van der Waals surface area contributed by atoms with Gasteiger partial charge >= 0.3 is 6.03 Å². The highest BCUT2D eigenvalue weighted by molar-refractivity contribution is 6.01. The van der Waals surface area contributed by atoms with E-state index in [0.717, 1.165) is 47.5 Å². The van der Waals surface area contributed by atoms with Crippen LogP contribution in [-0.4, -0.2) is 47.3 Å². The van der Waals surface area contributed by atoms with E-state index in [2.05, 4.69) is 44.3 Å². The molecule has 29 heavy (non-hydrogen) atoms. The molecule has 8 nitrogen and oxygen atoms in total. The summed E-state index contributed by atoms with van der Waals surface area (Å²) in [4.78, 5) is 27.0. The first kappa shape index (κ1) is 19.2. The molecule has 1 aliphatic rings. The van der Waals surface area contributed by atoms with Crippen LogP contribution in [0.2, 0.25) is 0 Å². The van der Waals surface area contributed by atoms with E-state index >= 15 is 0 Å². The normalized spacial score (nSPS) is 14.2. The van der Waals surface area contributed by atoms with Crippen LogP contribution in [-0.2, 0) is 11.2 Å². The minimum atomic E-state index is -0.333. The molecule has 8 heteroatoms. The lowest BCUT2D eigenvalue weighted by Gasteiger charge is -2.27. The molecule has 2 amide bonds. The van der Waals surface area contributed by atoms with Gasteiger partial charge in [-0.2, -0.15) is 4.98 Å². The zero-order chi connectivity index (χ0) is 20.4. The Kier molecular flexibility index (Phi) is 5.35. The van der Waals surface area contributed by atoms with E-state index in [-0.39, 0.29) is 6.03 Å². The summed E-state index contributed by atoms with van der Waals surface area (Å²) >= 11 is 0. The summed E-state index contributed by atoms with van der Waals surface area (Å²) in [5, 5.41) is 6.86. The number of carbonyl (C=O) groups excluding carboxylic acids is 1. The average molecular weight is 394 g/mol. The number of morpholine rings is 1. The third-order valence-corrected chi connectivity index (χ3v) is 5.11. The average Bonchev–Trinajstić information content (AvgIpc) is 3.02. The monoisotopic (exact) mass is 394 g/mol. The maximum atomic E-state index is 12.6. The van der Waals surface area contributed by atoms with Crippen LogP contribution in [0.5, 0.6) is 0 Å². The van der Waals surface area contributed by atoms with Crippen molar-refractivity contribution in [3.8, 4) is 0 Å². The van der Waals surface area contributed by atoms with Gasteiger partial charge in [0.05, 0.1) is 13.2 Å². The Labute approximate surface area is 169 Å². The van der Waals surface area contributed by atoms with Gasteiger partial charge in [0.25, 0.3) is 0 Å². The van der Waals surface area contributed by atoms with Crippen LogP contribution in [0, 0.1) is 13.8 Å². The van der Waals surface area contributed by atoms with Crippen LogP contribution in [0.15, 0.2) is 24.3 Å². The standard InChI is InChI=1S/C21H26N6O2/c1-4-16-14(3)23-18-6-5-15(12-17(16)18)24-21(28)26-19-11-13(2)22-20(25-19)27-7-9-29-10-8-27/h5-6,11-12,23H,4,7-10H2,1-3H3,(H2,22,24,25,26,28). The van der Waals surface area contributed by atoms with Crippen LogP contribution in [0.4, 0.5) is 22.2 Å². The first-order valence-electron chi connectivity index (χ1n) is 9.91. The Morgan fingerprint density at radius 1 is 1.17 bits per heavy atom. The third-order valence-electron chi connectivity index (χ3n) is 5.11. The first-order valence-corrected chi connectivity index (χ1v) is 9.91. The summed E-state index contributed by atoms with van der Waals surface area (Å²) in [7, 11) is 0. The van der Waals surface area contributed by atoms with Crippen LogP contribution >= 0.6 is 0 Å². The third kappa shape index (κ3) is 4.17. The van der Waals surface area contributed by atoms with Gasteiger partial charge in [-0.3, -0.25) is 5.32 Å². The zero-order valence-electron chi connectivity index (χ0n) is 17.0. The van der Waals surface area contributed by atoms with Crippen LogP contribution in [0.3, 0.4) is 0 Å². The highest BCUT2D eigenvalue weighted by Gasteiger charge is 2.16. The second kappa shape index (κ2) is 8.08. The molecule has 152 valence electrons. The number of nitrogens with zero attached hydrogens (tertiary/aromatic N) is 3. The molecule has 0 aliphatic carbocycles. The Bertz CT molecular complexity index is 1040. The van der Waals surface area contributed by atoms with Gasteiger partial charge in [0.15, 0.2) is 0 Å². The predicted octanol–water partition coefficient (Wildman–Crippen LogP) is 3.62. The fraction of sp³-hybridized carbons (Fsp3) is 0.381. The van der Waals surface area contributed by atoms with Crippen molar-refractivity contribution in [2.75, 3.05) is 41.8 Å². The molecule has 1 fully saturated rings. The molecule has 1 saturated heterocycles. The van der Waals surface area contributed by atoms with Gasteiger partial charge in [0.1, 0.15) is 5.82 Å². The second-order valence-electron chi connectivity index (χ2n) is 7.22. The number of H-pyrrole nitrogens is 1. The minimum Gasteiger partial charge on any atom is -0.378 e. The number of urea groups is 1. The predicted molar refractivity (Wildman–Crippen MR) is 115 cm³/mol. The van der Waals surface area contributed by atoms with E-state index in [0.29, 0.717) is 25.0 Å². The molecule has 0 bridgehead atoms. The van der Waals surface area contributed by atoms with Gasteiger partial charge in [-0.15, -0.1) is 0 Å². The van der Waals surface area contributed by atoms with Gasteiger partial charge < -0.3 is 19.9 Å². The lowest BCUT2D eigenvalue weighted by molar-refractivity contribution is 0.122. The smallest absolute Gasteiger partial charge is 0.324 e. The van der Waals surface area contributed by atoms with Gasteiger partial charge in [0.2, 0.25) is 5.95 Å². The van der Waals surface area contributed by atoms with Gasteiger partial charge in [-0.1, -0.05) is 6.92 Å². The number of hydrogen-bond donors (Lipinski definition) is 3. The number of ether oxygens (including phenoxy) is 1. The highest BCUT2D eigenvalue weighted by Crippen LogP contribution is 2.26. The molecule has 3 N–H and O–H groups in total. The van der Waals surface area contributed by atoms with Crippen molar-refractivity contribution in [2.24, 2.45) is 0 Å². The van der Waals surface area contributed by atoms with Gasteiger partial charge in [-0.25, -0.2) is 9.78 Å². The van der Waals surface area contributed by atoms with Crippen LogP contribution in [0.1, 0.15) is 23.9 Å². The van der Waals surface area contributed by atoms with Gasteiger partial charge in [0, 0.05) is 47.1 Å². The first-order chi connectivity index (χ1) is 14.0. The number of aromatic amines is 1. The largest absolute Gasteiger partial charge is 0.378 e. The number of hydrogen-bond acceptors (Lipinski definition) is 5. The number of rotatable bonds is 4. The molecule has 0 unspecified atom stereocenters. The molecular weight excluding hydrogens is 368 g/mol. The van der Waals surface area contributed by atoms with E-state index in [4.69, 9.17) is 4.74 Å². The van der Waals surface area contributed by atoms with E-state index in [9.17, 15) is 4.79 Å². The summed E-state index contributed by atoms with van der Waals surface area (Å²) in [6.45, 7) is 8.88. The van der Waals surface area contributed by atoms with Crippen molar-refractivity contribution < 1.29 is 9.53 Å². The molecule has 4 rings (SSSR count).